The molecule has 0 aliphatic rings. The molecular formula is C15H21N5O2S. The number of ether oxygens (including phenoxy) is 1. The molecular weight excluding hydrogens is 314 g/mol. The van der Waals surface area contributed by atoms with Gasteiger partial charge in [0.2, 0.25) is 11.0 Å². The fourth-order valence-corrected chi connectivity index (χ4v) is 2.66. The zero-order chi connectivity index (χ0) is 16.7. The Bertz CT molecular complexity index is 646. The van der Waals surface area contributed by atoms with Crippen LogP contribution >= 0.6 is 11.3 Å². The molecule has 1 aromatic heterocycles. The molecule has 2 aromatic rings. The second-order valence-electron chi connectivity index (χ2n) is 4.91. The van der Waals surface area contributed by atoms with E-state index in [4.69, 9.17) is 10.5 Å². The fourth-order valence-electron chi connectivity index (χ4n) is 2.05. The molecule has 1 aromatic carbocycles. The first-order valence-electron chi connectivity index (χ1n) is 7.38. The van der Waals surface area contributed by atoms with Crippen LogP contribution in [0.1, 0.15) is 18.4 Å². The molecule has 124 valence electrons. The van der Waals surface area contributed by atoms with E-state index in [2.05, 4.69) is 20.8 Å². The highest BCUT2D eigenvalue weighted by Gasteiger charge is 2.16. The van der Waals surface area contributed by atoms with Crippen molar-refractivity contribution < 1.29 is 9.53 Å². The number of amides is 1. The second kappa shape index (κ2) is 8.33. The van der Waals surface area contributed by atoms with Gasteiger partial charge in [-0.3, -0.25) is 4.79 Å². The number of carbonyl (C=O) groups excluding carboxylic acids is 1. The molecule has 1 amide bonds. The molecule has 23 heavy (non-hydrogen) atoms. The third-order valence-corrected chi connectivity index (χ3v) is 4.07. The fraction of sp³-hybridized carbons (Fsp3) is 0.400. The smallest absolute Gasteiger partial charge is 0.242 e. The van der Waals surface area contributed by atoms with E-state index in [-0.39, 0.29) is 11.9 Å². The number of nitrogens with zero attached hydrogens (tertiary/aromatic N) is 2. The van der Waals surface area contributed by atoms with Crippen LogP contribution in [0, 0.1) is 0 Å². The van der Waals surface area contributed by atoms with Crippen molar-refractivity contribution in [1.29, 1.82) is 0 Å². The summed E-state index contributed by atoms with van der Waals surface area (Å²) in [5, 5.41) is 15.1. The molecule has 7 nitrogen and oxygen atoms in total. The highest BCUT2D eigenvalue weighted by Crippen LogP contribution is 2.18. The number of aromatic nitrogens is 2. The first kappa shape index (κ1) is 17.0. The van der Waals surface area contributed by atoms with Crippen LogP contribution in [0.4, 0.5) is 10.8 Å². The highest BCUT2D eigenvalue weighted by atomic mass is 32.1. The number of carbonyl (C=O) groups is 1. The lowest BCUT2D eigenvalue weighted by molar-refractivity contribution is -0.121. The lowest BCUT2D eigenvalue weighted by Crippen LogP contribution is -2.40. The molecule has 0 spiro atoms. The van der Waals surface area contributed by atoms with E-state index in [1.165, 1.54) is 11.3 Å². The zero-order valence-electron chi connectivity index (χ0n) is 13.2. The summed E-state index contributed by atoms with van der Waals surface area (Å²) in [5.41, 5.74) is 6.38. The third kappa shape index (κ3) is 5.10. The Morgan fingerprint density at radius 3 is 2.91 bits per heavy atom. The number of hydrogen-bond donors (Lipinski definition) is 3. The minimum Gasteiger partial charge on any atom is -0.497 e. The summed E-state index contributed by atoms with van der Waals surface area (Å²) in [4.78, 5) is 12.3. The predicted molar refractivity (Wildman–Crippen MR) is 91.7 cm³/mol. The van der Waals surface area contributed by atoms with Crippen LogP contribution < -0.4 is 21.1 Å². The zero-order valence-corrected chi connectivity index (χ0v) is 14.0. The Balaban J connectivity index is 1.85. The van der Waals surface area contributed by atoms with Gasteiger partial charge in [0.25, 0.3) is 0 Å². The Kier molecular flexibility index (Phi) is 6.16. The molecule has 1 heterocycles. The predicted octanol–water partition coefficient (Wildman–Crippen LogP) is 1.68. The van der Waals surface area contributed by atoms with E-state index in [1.807, 2.05) is 31.2 Å². The molecule has 0 bridgehead atoms. The molecule has 2 rings (SSSR count). The first-order valence-corrected chi connectivity index (χ1v) is 8.20. The van der Waals surface area contributed by atoms with E-state index >= 15 is 0 Å². The first-order chi connectivity index (χ1) is 11.1. The molecule has 0 aliphatic carbocycles. The lowest BCUT2D eigenvalue weighted by Gasteiger charge is -2.18. The van der Waals surface area contributed by atoms with Gasteiger partial charge >= 0.3 is 0 Å². The molecule has 0 saturated carbocycles. The van der Waals surface area contributed by atoms with Gasteiger partial charge in [0.05, 0.1) is 7.11 Å². The van der Waals surface area contributed by atoms with Crippen molar-refractivity contribution in [2.24, 2.45) is 0 Å². The normalized spacial score (nSPS) is 11.7. The third-order valence-electron chi connectivity index (χ3n) is 3.26. The molecule has 0 aliphatic heterocycles. The monoisotopic (exact) mass is 335 g/mol. The summed E-state index contributed by atoms with van der Waals surface area (Å²) in [6.45, 7) is 2.46. The summed E-state index contributed by atoms with van der Waals surface area (Å²) >= 11 is 1.34. The van der Waals surface area contributed by atoms with Gasteiger partial charge in [-0.2, -0.15) is 0 Å². The van der Waals surface area contributed by atoms with Crippen molar-refractivity contribution in [3.63, 3.8) is 0 Å². The average Bonchev–Trinajstić information content (AvgIpc) is 2.98. The lowest BCUT2D eigenvalue weighted by atomic mass is 10.2. The topological polar surface area (TPSA) is 102 Å². The van der Waals surface area contributed by atoms with Gasteiger partial charge in [-0.05, 0) is 18.6 Å². The number of nitrogen functional groups attached to an aromatic ring is 1. The van der Waals surface area contributed by atoms with Gasteiger partial charge < -0.3 is 21.1 Å². The number of anilines is 2. The van der Waals surface area contributed by atoms with E-state index in [0.29, 0.717) is 24.5 Å². The van der Waals surface area contributed by atoms with Crippen molar-refractivity contribution in [2.75, 3.05) is 24.7 Å². The summed E-state index contributed by atoms with van der Waals surface area (Å²) < 4.78 is 5.18. The summed E-state index contributed by atoms with van der Waals surface area (Å²) in [7, 11) is 1.61. The molecule has 8 heteroatoms. The minimum absolute atomic E-state index is 0.0483. The molecule has 0 radical (unpaired) electrons. The summed E-state index contributed by atoms with van der Waals surface area (Å²) in [5.74, 6) is 0.701. The summed E-state index contributed by atoms with van der Waals surface area (Å²) in [6.07, 6.45) is 1.30. The van der Waals surface area contributed by atoms with Gasteiger partial charge in [-0.25, -0.2) is 0 Å². The van der Waals surface area contributed by atoms with E-state index < -0.39 is 0 Å². The second-order valence-corrected chi connectivity index (χ2v) is 6.01. The Morgan fingerprint density at radius 1 is 1.43 bits per heavy atom. The maximum atomic E-state index is 12.3. The maximum Gasteiger partial charge on any atom is 0.242 e. The van der Waals surface area contributed by atoms with E-state index in [1.54, 1.807) is 7.11 Å². The van der Waals surface area contributed by atoms with Gasteiger partial charge in [-0.15, -0.1) is 10.2 Å². The molecule has 1 atom stereocenters. The number of benzene rings is 1. The van der Waals surface area contributed by atoms with Gasteiger partial charge in [0.15, 0.2) is 0 Å². The quantitative estimate of drug-likeness (QED) is 0.678. The number of methoxy groups -OCH3 is 1. The van der Waals surface area contributed by atoms with Crippen molar-refractivity contribution >= 4 is 28.1 Å². The van der Waals surface area contributed by atoms with Crippen LogP contribution in [0.2, 0.25) is 0 Å². The standard InChI is InChI=1S/C15H21N5O2S/c1-3-12(18-10-5-4-6-11(9-10)22-2)14(21)17-8-7-13-19-20-15(16)23-13/h4-6,9,12,18H,3,7-8H2,1-2H3,(H2,16,20)(H,17,21)/t12-/m1/s1. The molecule has 0 saturated heterocycles. The van der Waals surface area contributed by atoms with Gasteiger partial charge in [0.1, 0.15) is 16.8 Å². The largest absolute Gasteiger partial charge is 0.497 e. The number of rotatable bonds is 8. The van der Waals surface area contributed by atoms with Crippen LogP contribution in [0.5, 0.6) is 5.75 Å². The Labute approximate surface area is 139 Å². The van der Waals surface area contributed by atoms with Gasteiger partial charge in [0, 0.05) is 24.7 Å². The molecule has 4 N–H and O–H groups in total. The Morgan fingerprint density at radius 2 is 2.26 bits per heavy atom. The van der Waals surface area contributed by atoms with E-state index in [9.17, 15) is 4.79 Å². The maximum absolute atomic E-state index is 12.3. The van der Waals surface area contributed by atoms with Crippen molar-refractivity contribution in [3.8, 4) is 5.75 Å². The number of nitrogens with two attached hydrogens (primary N) is 1. The van der Waals surface area contributed by atoms with Gasteiger partial charge in [-0.1, -0.05) is 24.3 Å². The van der Waals surface area contributed by atoms with Crippen LogP contribution in [0.3, 0.4) is 0 Å². The highest BCUT2D eigenvalue weighted by molar-refractivity contribution is 7.15. The number of hydrogen-bond acceptors (Lipinski definition) is 7. The van der Waals surface area contributed by atoms with Crippen LogP contribution in [0.15, 0.2) is 24.3 Å². The van der Waals surface area contributed by atoms with Crippen molar-refractivity contribution in [3.05, 3.63) is 29.3 Å². The summed E-state index contributed by atoms with van der Waals surface area (Å²) in [6, 6.07) is 7.20. The minimum atomic E-state index is -0.304. The SMILES string of the molecule is CC[C@@H](Nc1cccc(OC)c1)C(=O)NCCc1nnc(N)s1. The van der Waals surface area contributed by atoms with Crippen molar-refractivity contribution in [2.45, 2.75) is 25.8 Å². The molecule has 0 fully saturated rings. The molecule has 0 unspecified atom stereocenters. The number of nitrogens with one attached hydrogen (secondary N) is 2. The van der Waals surface area contributed by atoms with Crippen LogP contribution in [-0.4, -0.2) is 35.8 Å². The van der Waals surface area contributed by atoms with Crippen LogP contribution in [0.25, 0.3) is 0 Å². The van der Waals surface area contributed by atoms with Crippen molar-refractivity contribution in [1.82, 2.24) is 15.5 Å². The Hall–Kier alpha value is -2.35. The van der Waals surface area contributed by atoms with Crippen LogP contribution in [-0.2, 0) is 11.2 Å². The van der Waals surface area contributed by atoms with E-state index in [0.717, 1.165) is 16.4 Å². The average molecular weight is 335 g/mol.